The fourth-order valence-electron chi connectivity index (χ4n) is 3.38. The van der Waals surface area contributed by atoms with Crippen molar-refractivity contribution in [3.63, 3.8) is 0 Å². The molecule has 2 heterocycles. The normalized spacial score (nSPS) is 14.0. The SMILES string of the molecule is CCOC(=O)c1ccc(S(=O)(=O)Nc2cccc(-c3ccc(N4CCOCC4)nn3)c2)cc1. The molecule has 0 spiro atoms. The van der Waals surface area contributed by atoms with Crippen molar-refractivity contribution in [2.45, 2.75) is 11.8 Å². The minimum Gasteiger partial charge on any atom is -0.462 e. The molecule has 2 aromatic carbocycles. The lowest BCUT2D eigenvalue weighted by Crippen LogP contribution is -2.36. The highest BCUT2D eigenvalue weighted by molar-refractivity contribution is 7.92. The largest absolute Gasteiger partial charge is 0.462 e. The van der Waals surface area contributed by atoms with Crippen molar-refractivity contribution in [2.75, 3.05) is 42.5 Å². The summed E-state index contributed by atoms with van der Waals surface area (Å²) in [6, 6.07) is 16.3. The average molecular weight is 469 g/mol. The van der Waals surface area contributed by atoms with Crippen LogP contribution in [0.1, 0.15) is 17.3 Å². The number of hydrogen-bond acceptors (Lipinski definition) is 8. The number of aromatic nitrogens is 2. The van der Waals surface area contributed by atoms with Crippen LogP contribution in [0.3, 0.4) is 0 Å². The fourth-order valence-corrected chi connectivity index (χ4v) is 4.43. The molecule has 33 heavy (non-hydrogen) atoms. The van der Waals surface area contributed by atoms with Gasteiger partial charge in [-0.1, -0.05) is 12.1 Å². The first-order valence-corrected chi connectivity index (χ1v) is 12.0. The molecule has 0 saturated carbocycles. The Morgan fingerprint density at radius 3 is 2.48 bits per heavy atom. The van der Waals surface area contributed by atoms with Crippen LogP contribution in [0.4, 0.5) is 11.5 Å². The first-order valence-electron chi connectivity index (χ1n) is 10.5. The van der Waals surface area contributed by atoms with E-state index >= 15 is 0 Å². The molecule has 1 fully saturated rings. The summed E-state index contributed by atoms with van der Waals surface area (Å²) in [6.45, 7) is 4.82. The van der Waals surface area contributed by atoms with E-state index in [0.29, 0.717) is 24.6 Å². The van der Waals surface area contributed by atoms with E-state index < -0.39 is 16.0 Å². The third-order valence-electron chi connectivity index (χ3n) is 5.07. The van der Waals surface area contributed by atoms with Gasteiger partial charge in [0.1, 0.15) is 0 Å². The summed E-state index contributed by atoms with van der Waals surface area (Å²) in [7, 11) is -3.84. The number of benzene rings is 2. The van der Waals surface area contributed by atoms with Crippen molar-refractivity contribution < 1.29 is 22.7 Å². The number of hydrogen-bond donors (Lipinski definition) is 1. The summed E-state index contributed by atoms with van der Waals surface area (Å²) in [4.78, 5) is 13.9. The Hall–Kier alpha value is -3.50. The van der Waals surface area contributed by atoms with Crippen LogP contribution in [0.25, 0.3) is 11.3 Å². The smallest absolute Gasteiger partial charge is 0.338 e. The van der Waals surface area contributed by atoms with Gasteiger partial charge in [-0.05, 0) is 55.5 Å². The molecule has 1 saturated heterocycles. The third-order valence-corrected chi connectivity index (χ3v) is 6.47. The third kappa shape index (κ3) is 5.47. The summed E-state index contributed by atoms with van der Waals surface area (Å²) in [5.41, 5.74) is 2.04. The average Bonchev–Trinajstić information content (AvgIpc) is 2.85. The molecule has 4 rings (SSSR count). The molecular weight excluding hydrogens is 444 g/mol. The number of nitrogens with zero attached hydrogens (tertiary/aromatic N) is 3. The number of esters is 1. The van der Waals surface area contributed by atoms with Gasteiger partial charge in [0.05, 0.1) is 36.0 Å². The second-order valence-electron chi connectivity index (χ2n) is 7.31. The molecule has 172 valence electrons. The number of rotatable bonds is 7. The summed E-state index contributed by atoms with van der Waals surface area (Å²) in [6.07, 6.45) is 0. The highest BCUT2D eigenvalue weighted by atomic mass is 32.2. The number of carbonyl (C=O) groups excluding carboxylic acids is 1. The zero-order chi connectivity index (χ0) is 23.3. The molecule has 9 nitrogen and oxygen atoms in total. The topological polar surface area (TPSA) is 111 Å². The molecule has 10 heteroatoms. The quantitative estimate of drug-likeness (QED) is 0.527. The highest BCUT2D eigenvalue weighted by Crippen LogP contribution is 2.24. The van der Waals surface area contributed by atoms with Gasteiger partial charge in [0, 0.05) is 24.3 Å². The number of nitrogens with one attached hydrogen (secondary N) is 1. The van der Waals surface area contributed by atoms with E-state index in [-0.39, 0.29) is 17.1 Å². The van der Waals surface area contributed by atoms with Gasteiger partial charge < -0.3 is 14.4 Å². The predicted molar refractivity (Wildman–Crippen MR) is 124 cm³/mol. The zero-order valence-electron chi connectivity index (χ0n) is 18.1. The van der Waals surface area contributed by atoms with Crippen LogP contribution in [-0.2, 0) is 19.5 Å². The van der Waals surface area contributed by atoms with Crippen LogP contribution in [0, 0.1) is 0 Å². The Bertz CT molecular complexity index is 1210. The Morgan fingerprint density at radius 2 is 1.82 bits per heavy atom. The maximum atomic E-state index is 12.8. The molecule has 0 radical (unpaired) electrons. The van der Waals surface area contributed by atoms with E-state index in [1.807, 2.05) is 18.2 Å². The van der Waals surface area contributed by atoms with Gasteiger partial charge in [0.2, 0.25) is 0 Å². The number of anilines is 2. The second-order valence-corrected chi connectivity index (χ2v) is 8.99. The molecular formula is C23H24N4O5S. The summed E-state index contributed by atoms with van der Waals surface area (Å²) in [5, 5.41) is 8.62. The van der Waals surface area contributed by atoms with Crippen LogP contribution in [0.15, 0.2) is 65.6 Å². The predicted octanol–water partition coefficient (Wildman–Crippen LogP) is 2.96. The van der Waals surface area contributed by atoms with Gasteiger partial charge in [-0.2, -0.15) is 0 Å². The van der Waals surface area contributed by atoms with E-state index in [9.17, 15) is 13.2 Å². The van der Waals surface area contributed by atoms with Crippen molar-refractivity contribution in [1.29, 1.82) is 0 Å². The zero-order valence-corrected chi connectivity index (χ0v) is 18.9. The lowest BCUT2D eigenvalue weighted by molar-refractivity contribution is 0.0526. The van der Waals surface area contributed by atoms with Crippen LogP contribution < -0.4 is 9.62 Å². The molecule has 0 aliphatic carbocycles. The number of ether oxygens (including phenoxy) is 2. The highest BCUT2D eigenvalue weighted by Gasteiger charge is 2.17. The van der Waals surface area contributed by atoms with Crippen LogP contribution in [0.2, 0.25) is 0 Å². The van der Waals surface area contributed by atoms with Gasteiger partial charge in [0.25, 0.3) is 10.0 Å². The van der Waals surface area contributed by atoms with E-state index in [0.717, 1.165) is 24.5 Å². The number of morpholine rings is 1. The van der Waals surface area contributed by atoms with E-state index in [1.54, 1.807) is 25.1 Å². The molecule has 1 aliphatic heterocycles. The molecule has 1 aromatic heterocycles. The first-order chi connectivity index (χ1) is 16.0. The standard InChI is InChI=1S/C23H24N4O5S/c1-2-32-23(28)17-6-8-20(9-7-17)33(29,30)26-19-5-3-4-18(16-19)21-10-11-22(25-24-21)27-12-14-31-15-13-27/h3-11,16,26H,2,12-15H2,1H3. The Kier molecular flexibility index (Phi) is 6.85. The van der Waals surface area contributed by atoms with Crippen molar-refractivity contribution in [1.82, 2.24) is 10.2 Å². The molecule has 3 aromatic rings. The summed E-state index contributed by atoms with van der Waals surface area (Å²) >= 11 is 0. The first kappa shape index (κ1) is 22.7. The number of carbonyl (C=O) groups is 1. The van der Waals surface area contributed by atoms with Crippen molar-refractivity contribution >= 4 is 27.5 Å². The number of sulfonamides is 1. The van der Waals surface area contributed by atoms with E-state index in [1.165, 1.54) is 24.3 Å². The van der Waals surface area contributed by atoms with Crippen LogP contribution in [0.5, 0.6) is 0 Å². The molecule has 0 atom stereocenters. The van der Waals surface area contributed by atoms with Gasteiger partial charge >= 0.3 is 5.97 Å². The second kappa shape index (κ2) is 9.97. The van der Waals surface area contributed by atoms with Gasteiger partial charge in [0.15, 0.2) is 5.82 Å². The maximum absolute atomic E-state index is 12.8. The lowest BCUT2D eigenvalue weighted by Gasteiger charge is -2.27. The monoisotopic (exact) mass is 468 g/mol. The van der Waals surface area contributed by atoms with Crippen LogP contribution >= 0.6 is 0 Å². The molecule has 1 aliphatic rings. The van der Waals surface area contributed by atoms with E-state index in [4.69, 9.17) is 9.47 Å². The van der Waals surface area contributed by atoms with Crippen LogP contribution in [-0.4, -0.2) is 57.5 Å². The molecule has 0 bridgehead atoms. The van der Waals surface area contributed by atoms with Crippen molar-refractivity contribution in [3.05, 3.63) is 66.2 Å². The van der Waals surface area contributed by atoms with Crippen molar-refractivity contribution in [3.8, 4) is 11.3 Å². The molecule has 1 N–H and O–H groups in total. The molecule has 0 unspecified atom stereocenters. The summed E-state index contributed by atoms with van der Waals surface area (Å²) in [5.74, 6) is 0.285. The van der Waals surface area contributed by atoms with Crippen molar-refractivity contribution in [2.24, 2.45) is 0 Å². The lowest BCUT2D eigenvalue weighted by atomic mass is 10.1. The van der Waals surface area contributed by atoms with E-state index in [2.05, 4.69) is 19.8 Å². The molecule has 0 amide bonds. The minimum atomic E-state index is -3.84. The Balaban J connectivity index is 1.49. The van der Waals surface area contributed by atoms with Gasteiger partial charge in [-0.3, -0.25) is 4.72 Å². The minimum absolute atomic E-state index is 0.0376. The maximum Gasteiger partial charge on any atom is 0.338 e. The van der Waals surface area contributed by atoms with Gasteiger partial charge in [-0.15, -0.1) is 10.2 Å². The Labute approximate surface area is 192 Å². The van der Waals surface area contributed by atoms with Gasteiger partial charge in [-0.25, -0.2) is 13.2 Å². The fraction of sp³-hybridized carbons (Fsp3) is 0.261. The Morgan fingerprint density at radius 1 is 1.06 bits per heavy atom. The summed E-state index contributed by atoms with van der Waals surface area (Å²) < 4.78 is 38.5.